The first-order valence-electron chi connectivity index (χ1n) is 6.20. The smallest absolute Gasteiger partial charge is 0.342 e. The molecule has 0 saturated carbocycles. The van der Waals surface area contributed by atoms with E-state index in [-0.39, 0.29) is 24.1 Å². The van der Waals surface area contributed by atoms with Crippen molar-refractivity contribution in [2.45, 2.75) is 32.6 Å². The van der Waals surface area contributed by atoms with Crippen LogP contribution in [0.4, 0.5) is 0 Å². The molecule has 0 aliphatic heterocycles. The number of carbonyl (C=O) groups excluding carboxylic acids is 1. The second-order valence-corrected chi connectivity index (χ2v) is 11.2. The summed E-state index contributed by atoms with van der Waals surface area (Å²) in [5, 5.41) is 9.72. The molecule has 110 valence electrons. The maximum absolute atomic E-state index is 11.4. The van der Waals surface area contributed by atoms with Crippen molar-refractivity contribution in [2.75, 3.05) is 19.9 Å². The summed E-state index contributed by atoms with van der Waals surface area (Å²) in [6, 6.07) is 1.08. The highest BCUT2D eigenvalue weighted by molar-refractivity contribution is 6.76. The summed E-state index contributed by atoms with van der Waals surface area (Å²) in [6.45, 7) is 9.72. The summed E-state index contributed by atoms with van der Waals surface area (Å²) >= 11 is 5.51. The Labute approximate surface area is 120 Å². The Hall–Kier alpha value is -0.853. The van der Waals surface area contributed by atoms with Crippen molar-refractivity contribution in [3.63, 3.8) is 0 Å². The zero-order chi connectivity index (χ0) is 14.9. The molecule has 7 heteroatoms. The van der Waals surface area contributed by atoms with E-state index < -0.39 is 14.0 Å². The Balaban J connectivity index is 4.06. The van der Waals surface area contributed by atoms with Gasteiger partial charge in [0.15, 0.2) is 0 Å². The lowest BCUT2D eigenvalue weighted by molar-refractivity contribution is -0.137. The number of carbonyl (C=O) groups is 1. The highest BCUT2D eigenvalue weighted by atomic mass is 35.5. The summed E-state index contributed by atoms with van der Waals surface area (Å²) in [6.07, 6.45) is 1.35. The molecule has 0 atom stereocenters. The van der Waals surface area contributed by atoms with Crippen LogP contribution in [0.15, 0.2) is 11.8 Å². The predicted octanol–water partition coefficient (Wildman–Crippen LogP) is 2.55. The lowest BCUT2D eigenvalue weighted by Gasteiger charge is -2.15. The number of nitrogens with one attached hydrogen (secondary N) is 2. The van der Waals surface area contributed by atoms with E-state index in [0.29, 0.717) is 6.61 Å². The number of rotatable bonds is 9. The molecule has 0 fully saturated rings. The van der Waals surface area contributed by atoms with Crippen molar-refractivity contribution in [2.24, 2.45) is 0 Å². The third kappa shape index (κ3) is 9.69. The first-order valence-corrected chi connectivity index (χ1v) is 10.3. The molecular formula is C12H23ClN2O3Si. The third-order valence-electron chi connectivity index (χ3n) is 2.16. The molecule has 0 amide bonds. The van der Waals surface area contributed by atoms with E-state index in [1.54, 1.807) is 6.92 Å². The fourth-order valence-corrected chi connectivity index (χ4v) is 1.96. The van der Waals surface area contributed by atoms with E-state index in [1.807, 2.05) is 0 Å². The minimum atomic E-state index is -1.08. The zero-order valence-corrected chi connectivity index (χ0v) is 13.8. The molecule has 19 heavy (non-hydrogen) atoms. The van der Waals surface area contributed by atoms with E-state index in [2.05, 4.69) is 25.0 Å². The van der Waals surface area contributed by atoms with Gasteiger partial charge in [0.2, 0.25) is 0 Å². The number of ether oxygens (including phenoxy) is 2. The molecule has 2 N–H and O–H groups in total. The molecule has 0 aromatic carbocycles. The van der Waals surface area contributed by atoms with E-state index in [1.165, 1.54) is 6.20 Å². The van der Waals surface area contributed by atoms with Crippen LogP contribution in [0.3, 0.4) is 0 Å². The topological polar surface area (TPSA) is 71.4 Å². The van der Waals surface area contributed by atoms with Crippen LogP contribution in [0, 0.1) is 5.41 Å². The van der Waals surface area contributed by atoms with Crippen molar-refractivity contribution in [3.05, 3.63) is 11.8 Å². The molecule has 0 aromatic heterocycles. The van der Waals surface area contributed by atoms with Crippen LogP contribution in [-0.4, -0.2) is 39.2 Å². The molecule has 0 heterocycles. The first-order chi connectivity index (χ1) is 8.78. The van der Waals surface area contributed by atoms with Gasteiger partial charge in [-0.1, -0.05) is 31.2 Å². The van der Waals surface area contributed by atoms with Gasteiger partial charge in [-0.3, -0.25) is 5.41 Å². The minimum absolute atomic E-state index is 0.00249. The van der Waals surface area contributed by atoms with Crippen LogP contribution in [0.5, 0.6) is 0 Å². The van der Waals surface area contributed by atoms with Gasteiger partial charge >= 0.3 is 5.97 Å². The van der Waals surface area contributed by atoms with Crippen molar-refractivity contribution in [1.29, 1.82) is 5.41 Å². The normalized spacial score (nSPS) is 12.2. The van der Waals surface area contributed by atoms with E-state index >= 15 is 0 Å². The Kier molecular flexibility index (Phi) is 8.71. The van der Waals surface area contributed by atoms with Crippen LogP contribution >= 0.6 is 11.6 Å². The molecule has 0 aliphatic carbocycles. The quantitative estimate of drug-likeness (QED) is 0.171. The lowest BCUT2D eigenvalue weighted by atomic mass is 10.3. The fraction of sp³-hybridized carbons (Fsp3) is 0.667. The molecule has 5 nitrogen and oxygen atoms in total. The molecule has 0 spiro atoms. The van der Waals surface area contributed by atoms with E-state index in [4.69, 9.17) is 26.5 Å². The van der Waals surface area contributed by atoms with Gasteiger partial charge in [0, 0.05) is 20.9 Å². The maximum Gasteiger partial charge on any atom is 0.342 e. The van der Waals surface area contributed by atoms with Crippen molar-refractivity contribution in [1.82, 2.24) is 5.32 Å². The maximum atomic E-state index is 11.4. The number of halogens is 1. The average Bonchev–Trinajstić information content (AvgIpc) is 2.26. The van der Waals surface area contributed by atoms with Crippen molar-refractivity contribution < 1.29 is 14.3 Å². The summed E-state index contributed by atoms with van der Waals surface area (Å²) < 4.78 is 10.2. The van der Waals surface area contributed by atoms with Crippen LogP contribution in [0.25, 0.3) is 0 Å². The Bertz CT molecular complexity index is 340. The average molecular weight is 307 g/mol. The first kappa shape index (κ1) is 18.1. The highest BCUT2D eigenvalue weighted by Crippen LogP contribution is 2.07. The molecule has 0 unspecified atom stereocenters. The molecule has 0 rings (SSSR count). The van der Waals surface area contributed by atoms with Gasteiger partial charge in [0.1, 0.15) is 17.5 Å². The lowest BCUT2D eigenvalue weighted by Crippen LogP contribution is -2.23. The standard InChI is InChI=1S/C12H23ClN2O3Si/c1-5-18-12(16)10(11(13)14)8-15-9-17-6-7-19(2,3)4/h8,14-15H,5-7,9H2,1-4H3/b10-8+,14-11?. The van der Waals surface area contributed by atoms with Gasteiger partial charge in [0.25, 0.3) is 0 Å². The molecule has 0 saturated heterocycles. The minimum Gasteiger partial charge on any atom is -0.462 e. The Morgan fingerprint density at radius 1 is 1.42 bits per heavy atom. The van der Waals surface area contributed by atoms with Crippen molar-refractivity contribution in [3.8, 4) is 0 Å². The monoisotopic (exact) mass is 306 g/mol. The fourth-order valence-electron chi connectivity index (χ4n) is 1.07. The van der Waals surface area contributed by atoms with Gasteiger partial charge in [-0.2, -0.15) is 0 Å². The van der Waals surface area contributed by atoms with Crippen LogP contribution in [0.1, 0.15) is 6.92 Å². The molecular weight excluding hydrogens is 284 g/mol. The molecule has 0 aliphatic rings. The van der Waals surface area contributed by atoms with Gasteiger partial charge in [-0.15, -0.1) is 0 Å². The second kappa shape index (κ2) is 9.11. The number of hydrogen-bond donors (Lipinski definition) is 2. The Morgan fingerprint density at radius 3 is 2.53 bits per heavy atom. The SMILES string of the molecule is CCOC(=O)/C(=C/NCOCC[Si](C)(C)C)C(=N)Cl. The van der Waals surface area contributed by atoms with Crippen LogP contribution < -0.4 is 5.32 Å². The van der Waals surface area contributed by atoms with Crippen molar-refractivity contribution >= 4 is 30.8 Å². The van der Waals surface area contributed by atoms with Gasteiger partial charge in [-0.25, -0.2) is 4.79 Å². The zero-order valence-electron chi connectivity index (χ0n) is 12.0. The van der Waals surface area contributed by atoms with Crippen LogP contribution in [0.2, 0.25) is 25.7 Å². The van der Waals surface area contributed by atoms with Gasteiger partial charge in [-0.05, 0) is 13.0 Å². The molecule has 0 bridgehead atoms. The van der Waals surface area contributed by atoms with Gasteiger partial charge < -0.3 is 14.8 Å². The van der Waals surface area contributed by atoms with Gasteiger partial charge in [0.05, 0.1) is 6.61 Å². The largest absolute Gasteiger partial charge is 0.462 e. The predicted molar refractivity (Wildman–Crippen MR) is 80.4 cm³/mol. The summed E-state index contributed by atoms with van der Waals surface area (Å²) in [5.41, 5.74) is -0.00249. The third-order valence-corrected chi connectivity index (χ3v) is 4.07. The summed E-state index contributed by atoms with van der Waals surface area (Å²) in [7, 11) is -1.08. The molecule has 0 aromatic rings. The molecule has 0 radical (unpaired) electrons. The van der Waals surface area contributed by atoms with Crippen LogP contribution in [-0.2, 0) is 14.3 Å². The summed E-state index contributed by atoms with van der Waals surface area (Å²) in [5.74, 6) is -0.614. The van der Waals surface area contributed by atoms with E-state index in [9.17, 15) is 4.79 Å². The number of hydrogen-bond acceptors (Lipinski definition) is 5. The second-order valence-electron chi connectivity index (χ2n) is 5.16. The van der Waals surface area contributed by atoms with E-state index in [0.717, 1.165) is 6.04 Å². The highest BCUT2D eigenvalue weighted by Gasteiger charge is 2.14. The summed E-state index contributed by atoms with van der Waals surface area (Å²) in [4.78, 5) is 11.4. The Morgan fingerprint density at radius 2 is 2.05 bits per heavy atom. The number of esters is 1.